The molecule has 0 fully saturated rings. The second-order valence-corrected chi connectivity index (χ2v) is 20.4. The highest BCUT2D eigenvalue weighted by molar-refractivity contribution is 6.21. The van der Waals surface area contributed by atoms with Gasteiger partial charge in [-0.25, -0.2) is 0 Å². The fourth-order valence-electron chi connectivity index (χ4n) is 13.2. The zero-order chi connectivity index (χ0) is 49.6. The second kappa shape index (κ2) is 15.7. The Bertz CT molecular complexity index is 5000. The Labute approximate surface area is 436 Å². The average Bonchev–Trinajstić information content (AvgIpc) is 4.30. The van der Waals surface area contributed by atoms with Crippen molar-refractivity contribution in [3.05, 3.63) is 267 Å². The summed E-state index contributed by atoms with van der Waals surface area (Å²) in [7, 11) is 0. The zero-order valence-corrected chi connectivity index (χ0v) is 41.2. The van der Waals surface area contributed by atoms with Crippen LogP contribution in [-0.2, 0) is 0 Å². The maximum absolute atomic E-state index is 2.52. The fraction of sp³-hybridized carbons (Fsp3) is 0. The maximum atomic E-state index is 2.52. The van der Waals surface area contributed by atoms with Crippen LogP contribution in [0.4, 0.5) is 0 Å². The third kappa shape index (κ3) is 5.78. The molecule has 0 N–H and O–H groups in total. The average molecular weight is 965 g/mol. The van der Waals surface area contributed by atoms with Gasteiger partial charge in [-0.2, -0.15) is 0 Å². The smallest absolute Gasteiger partial charge is 0.0549 e. The molecule has 0 aliphatic rings. The first-order valence-electron chi connectivity index (χ1n) is 26.2. The highest BCUT2D eigenvalue weighted by Gasteiger charge is 2.23. The molecule has 4 heterocycles. The number of benzene rings is 13. The van der Waals surface area contributed by atoms with E-state index in [-0.39, 0.29) is 0 Å². The monoisotopic (exact) mass is 964 g/mol. The second-order valence-electron chi connectivity index (χ2n) is 20.4. The van der Waals surface area contributed by atoms with Crippen LogP contribution in [0.2, 0.25) is 0 Å². The van der Waals surface area contributed by atoms with Crippen LogP contribution in [-0.4, -0.2) is 18.3 Å². The molecule has 0 spiro atoms. The highest BCUT2D eigenvalue weighted by Crippen LogP contribution is 2.45. The molecule has 17 aromatic rings. The van der Waals surface area contributed by atoms with E-state index in [1.165, 1.54) is 125 Å². The van der Waals surface area contributed by atoms with Gasteiger partial charge in [-0.05, 0) is 112 Å². The Hall–Kier alpha value is -10.2. The molecule has 4 heteroatoms. The molecule has 0 amide bonds. The van der Waals surface area contributed by atoms with Gasteiger partial charge >= 0.3 is 0 Å². The van der Waals surface area contributed by atoms with Gasteiger partial charge in [-0.15, -0.1) is 0 Å². The van der Waals surface area contributed by atoms with Crippen molar-refractivity contribution >= 4 is 120 Å². The lowest BCUT2D eigenvalue weighted by molar-refractivity contribution is 1.14. The molecule has 76 heavy (non-hydrogen) atoms. The summed E-state index contributed by atoms with van der Waals surface area (Å²) in [5, 5.41) is 17.1. The van der Waals surface area contributed by atoms with E-state index in [4.69, 9.17) is 0 Å². The van der Waals surface area contributed by atoms with Gasteiger partial charge < -0.3 is 18.3 Å². The molecule has 352 valence electrons. The molecule has 0 unspecified atom stereocenters. The van der Waals surface area contributed by atoms with E-state index in [2.05, 4.69) is 285 Å². The minimum Gasteiger partial charge on any atom is -0.309 e. The number of para-hydroxylation sites is 4. The van der Waals surface area contributed by atoms with Crippen LogP contribution in [0.25, 0.3) is 153 Å². The molecular formula is C72H44N4. The van der Waals surface area contributed by atoms with Gasteiger partial charge in [0.1, 0.15) is 0 Å². The lowest BCUT2D eigenvalue weighted by Gasteiger charge is -2.17. The summed E-state index contributed by atoms with van der Waals surface area (Å²) in [6, 6.07) is 99.2. The summed E-state index contributed by atoms with van der Waals surface area (Å²) in [5.74, 6) is 0. The molecule has 0 atom stereocenters. The van der Waals surface area contributed by atoms with Crippen LogP contribution in [0.3, 0.4) is 0 Å². The predicted octanol–water partition coefficient (Wildman–Crippen LogP) is 19.2. The van der Waals surface area contributed by atoms with E-state index in [9.17, 15) is 0 Å². The standard InChI is InChI=1S/C72H44N4/c1-4-24-51-45(18-1)21-15-31-52(51)48-38-49(73-65-32-11-7-27-55(65)59-43-71-61(41-69(59)73)57-29-9-13-34-67(57)75(71)63-36-16-22-46-19-2-5-25-53(46)63)40-50(39-48)74-66-33-12-8-28-56(66)60-44-72-62(42-70(60)74)58-30-10-14-35-68(58)76(72)64-37-17-23-47-20-3-6-26-54(47)64/h1-44H. The number of hydrogen-bond acceptors (Lipinski definition) is 0. The molecular weight excluding hydrogens is 921 g/mol. The van der Waals surface area contributed by atoms with Crippen LogP contribution < -0.4 is 0 Å². The number of fused-ring (bicyclic) bond motifs is 15. The minimum absolute atomic E-state index is 1.10. The van der Waals surface area contributed by atoms with Gasteiger partial charge in [0, 0.05) is 65.2 Å². The van der Waals surface area contributed by atoms with E-state index < -0.39 is 0 Å². The SMILES string of the molecule is c1ccc2c(-c3cc(-n4c5ccccc5c5cc6c(cc54)c4ccccc4n6-c4cccc5ccccc45)cc(-n4c5ccccc5c5cc6c(cc54)c4ccccc4n6-c4cccc5ccccc45)c3)cccc2c1. The Morgan fingerprint density at radius 1 is 0.184 bits per heavy atom. The van der Waals surface area contributed by atoms with Crippen molar-refractivity contribution in [3.8, 4) is 33.9 Å². The van der Waals surface area contributed by atoms with Crippen molar-refractivity contribution in [2.75, 3.05) is 0 Å². The van der Waals surface area contributed by atoms with E-state index in [0.717, 1.165) is 28.0 Å². The third-order valence-electron chi connectivity index (χ3n) is 16.5. The molecule has 0 saturated heterocycles. The van der Waals surface area contributed by atoms with Crippen LogP contribution in [0.5, 0.6) is 0 Å². The molecule has 0 saturated carbocycles. The Morgan fingerprint density at radius 2 is 0.487 bits per heavy atom. The van der Waals surface area contributed by atoms with Crippen molar-refractivity contribution in [1.82, 2.24) is 18.3 Å². The Morgan fingerprint density at radius 3 is 0.908 bits per heavy atom. The van der Waals surface area contributed by atoms with Crippen molar-refractivity contribution < 1.29 is 0 Å². The van der Waals surface area contributed by atoms with Gasteiger partial charge in [0.2, 0.25) is 0 Å². The van der Waals surface area contributed by atoms with E-state index in [1.54, 1.807) is 0 Å². The Balaban J connectivity index is 0.978. The molecule has 0 aliphatic heterocycles. The quantitative estimate of drug-likeness (QED) is 0.164. The predicted molar refractivity (Wildman–Crippen MR) is 322 cm³/mol. The first-order chi connectivity index (χ1) is 37.7. The van der Waals surface area contributed by atoms with Gasteiger partial charge in [-0.3, -0.25) is 0 Å². The largest absolute Gasteiger partial charge is 0.309 e. The first kappa shape index (κ1) is 41.3. The van der Waals surface area contributed by atoms with Crippen LogP contribution in [0.1, 0.15) is 0 Å². The summed E-state index contributed by atoms with van der Waals surface area (Å²) in [5.41, 5.74) is 16.3. The molecule has 0 bridgehead atoms. The topological polar surface area (TPSA) is 19.7 Å². The highest BCUT2D eigenvalue weighted by atomic mass is 15.0. The van der Waals surface area contributed by atoms with Gasteiger partial charge in [0.05, 0.1) is 55.5 Å². The summed E-state index contributed by atoms with van der Waals surface area (Å²) in [6.45, 7) is 0. The van der Waals surface area contributed by atoms with Gasteiger partial charge in [0.25, 0.3) is 0 Å². The molecule has 4 nitrogen and oxygen atoms in total. The van der Waals surface area contributed by atoms with E-state index in [1.807, 2.05) is 0 Å². The first-order valence-corrected chi connectivity index (χ1v) is 26.2. The van der Waals surface area contributed by atoms with Crippen LogP contribution in [0, 0.1) is 0 Å². The summed E-state index contributed by atoms with van der Waals surface area (Å²) >= 11 is 0. The van der Waals surface area contributed by atoms with Gasteiger partial charge in [-0.1, -0.05) is 188 Å². The summed E-state index contributed by atoms with van der Waals surface area (Å²) in [6.07, 6.45) is 0. The third-order valence-corrected chi connectivity index (χ3v) is 16.5. The number of nitrogens with zero attached hydrogens (tertiary/aromatic N) is 4. The number of rotatable bonds is 5. The normalized spacial score (nSPS) is 12.2. The number of aromatic nitrogens is 4. The summed E-state index contributed by atoms with van der Waals surface area (Å²) < 4.78 is 10.0. The molecule has 17 rings (SSSR count). The van der Waals surface area contributed by atoms with Gasteiger partial charge in [0.15, 0.2) is 0 Å². The molecule has 0 aliphatic carbocycles. The minimum atomic E-state index is 1.10. The van der Waals surface area contributed by atoms with Crippen molar-refractivity contribution in [3.63, 3.8) is 0 Å². The maximum Gasteiger partial charge on any atom is 0.0549 e. The van der Waals surface area contributed by atoms with E-state index in [0.29, 0.717) is 0 Å². The molecule has 13 aromatic carbocycles. The zero-order valence-electron chi connectivity index (χ0n) is 41.2. The Kier molecular flexibility index (Phi) is 8.52. The van der Waals surface area contributed by atoms with E-state index >= 15 is 0 Å². The van der Waals surface area contributed by atoms with Crippen LogP contribution >= 0.6 is 0 Å². The summed E-state index contributed by atoms with van der Waals surface area (Å²) in [4.78, 5) is 0. The fourth-order valence-corrected chi connectivity index (χ4v) is 13.2. The lowest BCUT2D eigenvalue weighted by Crippen LogP contribution is -2.00. The lowest BCUT2D eigenvalue weighted by atomic mass is 9.97. The van der Waals surface area contributed by atoms with Crippen LogP contribution in [0.15, 0.2) is 267 Å². The van der Waals surface area contributed by atoms with Crippen molar-refractivity contribution in [1.29, 1.82) is 0 Å². The van der Waals surface area contributed by atoms with Crippen molar-refractivity contribution in [2.24, 2.45) is 0 Å². The molecule has 0 radical (unpaired) electrons. The number of hydrogen-bond donors (Lipinski definition) is 0. The molecule has 4 aromatic heterocycles. The van der Waals surface area contributed by atoms with Crippen molar-refractivity contribution in [2.45, 2.75) is 0 Å².